The van der Waals surface area contributed by atoms with E-state index in [1.54, 1.807) is 23.3 Å². The van der Waals surface area contributed by atoms with Crippen molar-refractivity contribution >= 4 is 17.2 Å². The first-order valence-electron chi connectivity index (χ1n) is 11.5. The van der Waals surface area contributed by atoms with Gasteiger partial charge in [0.25, 0.3) is 5.91 Å². The Kier molecular flexibility index (Phi) is 6.48. The smallest absolute Gasteiger partial charge is 0.274 e. The van der Waals surface area contributed by atoms with Crippen molar-refractivity contribution in [2.45, 2.75) is 45.0 Å². The summed E-state index contributed by atoms with van der Waals surface area (Å²) in [6.07, 6.45) is 1.98. The average Bonchev–Trinajstić information content (AvgIpc) is 3.47. The summed E-state index contributed by atoms with van der Waals surface area (Å²) in [6, 6.07) is 10.1. The second-order valence-corrected chi connectivity index (χ2v) is 9.70. The minimum atomic E-state index is -0.451. The quantitative estimate of drug-likeness (QED) is 0.604. The third kappa shape index (κ3) is 4.83. The zero-order valence-corrected chi connectivity index (χ0v) is 19.8. The van der Waals surface area contributed by atoms with Gasteiger partial charge < -0.3 is 14.7 Å². The maximum Gasteiger partial charge on any atom is 0.274 e. The molecule has 0 spiro atoms. The summed E-state index contributed by atoms with van der Waals surface area (Å²) in [6.45, 7) is 4.17. The number of aliphatic hydroxyl groups is 1. The maximum absolute atomic E-state index is 13.5. The highest BCUT2D eigenvalue weighted by atomic mass is 32.1. The summed E-state index contributed by atoms with van der Waals surface area (Å²) >= 11 is 1.71. The van der Waals surface area contributed by atoms with Crippen LogP contribution in [0.3, 0.4) is 0 Å². The predicted octanol–water partition coefficient (Wildman–Crippen LogP) is 3.16. The first-order valence-corrected chi connectivity index (χ1v) is 12.5. The molecule has 174 valence electrons. The van der Waals surface area contributed by atoms with Crippen LogP contribution in [0.5, 0.6) is 5.75 Å². The SMILES string of the molecule is COc1cccc(Cn2nc(C(=O)N3CCCC(O)C3)c3c2CCN(Cc2ccsc2)C3)c1. The Morgan fingerprint density at radius 3 is 2.94 bits per heavy atom. The third-order valence-electron chi connectivity index (χ3n) is 6.55. The molecule has 1 fully saturated rings. The van der Waals surface area contributed by atoms with E-state index >= 15 is 0 Å². The van der Waals surface area contributed by atoms with Crippen molar-refractivity contribution in [1.29, 1.82) is 0 Å². The number of piperidine rings is 1. The molecule has 1 atom stereocenters. The van der Waals surface area contributed by atoms with Gasteiger partial charge in [0.15, 0.2) is 5.69 Å². The standard InChI is InChI=1S/C25H30N4O3S/c1-32-21-6-2-4-18(12-21)14-29-23-7-10-27(13-19-8-11-33-17-19)16-22(23)24(26-29)25(31)28-9-3-5-20(30)15-28/h2,4,6,8,11-12,17,20,30H,3,5,7,9-10,13-16H2,1H3. The molecule has 33 heavy (non-hydrogen) atoms. The van der Waals surface area contributed by atoms with Gasteiger partial charge in [-0.15, -0.1) is 0 Å². The van der Waals surface area contributed by atoms with Crippen LogP contribution >= 0.6 is 11.3 Å². The van der Waals surface area contributed by atoms with E-state index in [0.717, 1.165) is 54.9 Å². The largest absolute Gasteiger partial charge is 0.497 e. The van der Waals surface area contributed by atoms with E-state index in [-0.39, 0.29) is 5.91 Å². The summed E-state index contributed by atoms with van der Waals surface area (Å²) in [7, 11) is 1.67. The molecule has 1 unspecified atom stereocenters. The Labute approximate surface area is 198 Å². The van der Waals surface area contributed by atoms with Crippen LogP contribution in [0.15, 0.2) is 41.1 Å². The number of aliphatic hydroxyl groups excluding tert-OH is 1. The van der Waals surface area contributed by atoms with Crippen LogP contribution in [0.1, 0.15) is 45.7 Å². The summed E-state index contributed by atoms with van der Waals surface area (Å²) in [5.41, 5.74) is 5.11. The molecule has 7 nitrogen and oxygen atoms in total. The number of aromatic nitrogens is 2. The molecule has 1 N–H and O–H groups in total. The predicted molar refractivity (Wildman–Crippen MR) is 128 cm³/mol. The maximum atomic E-state index is 13.5. The number of nitrogens with zero attached hydrogens (tertiary/aromatic N) is 4. The Morgan fingerprint density at radius 1 is 1.24 bits per heavy atom. The molecule has 5 rings (SSSR count). The number of likely N-dealkylation sites (tertiary alicyclic amines) is 1. The van der Waals surface area contributed by atoms with Crippen LogP contribution in [0.2, 0.25) is 0 Å². The molecule has 0 radical (unpaired) electrons. The molecule has 8 heteroatoms. The number of carbonyl (C=O) groups excluding carboxylic acids is 1. The fourth-order valence-electron chi connectivity index (χ4n) is 4.86. The lowest BCUT2D eigenvalue weighted by Gasteiger charge is -2.31. The molecule has 4 heterocycles. The van der Waals surface area contributed by atoms with Crippen molar-refractivity contribution in [2.75, 3.05) is 26.7 Å². The zero-order chi connectivity index (χ0) is 22.8. The van der Waals surface area contributed by atoms with Gasteiger partial charge in [-0.1, -0.05) is 12.1 Å². The van der Waals surface area contributed by atoms with Crippen molar-refractivity contribution in [2.24, 2.45) is 0 Å². The lowest BCUT2D eigenvalue weighted by atomic mass is 10.0. The van der Waals surface area contributed by atoms with E-state index in [9.17, 15) is 9.90 Å². The number of rotatable bonds is 6. The number of ether oxygens (including phenoxy) is 1. The monoisotopic (exact) mass is 466 g/mol. The summed E-state index contributed by atoms with van der Waals surface area (Å²) < 4.78 is 7.38. The van der Waals surface area contributed by atoms with Gasteiger partial charge in [-0.2, -0.15) is 16.4 Å². The zero-order valence-electron chi connectivity index (χ0n) is 18.9. The number of benzene rings is 1. The van der Waals surface area contributed by atoms with Gasteiger partial charge in [0, 0.05) is 50.4 Å². The van der Waals surface area contributed by atoms with Gasteiger partial charge in [0.05, 0.1) is 19.8 Å². The molecule has 0 saturated carbocycles. The number of β-amino-alcohol motifs (C(OH)–C–C–N with tert-alkyl or cyclic N) is 1. The highest BCUT2D eigenvalue weighted by molar-refractivity contribution is 7.07. The first kappa shape index (κ1) is 22.1. The number of fused-ring (bicyclic) bond motifs is 1. The highest BCUT2D eigenvalue weighted by Gasteiger charge is 2.32. The fourth-order valence-corrected chi connectivity index (χ4v) is 5.52. The number of hydrogen-bond acceptors (Lipinski definition) is 6. The van der Waals surface area contributed by atoms with Gasteiger partial charge in [-0.05, 0) is 52.9 Å². The molecule has 2 aliphatic heterocycles. The van der Waals surface area contributed by atoms with E-state index in [1.807, 2.05) is 22.9 Å². The molecule has 1 aromatic carbocycles. The van der Waals surface area contributed by atoms with Crippen LogP contribution in [-0.4, -0.2) is 63.4 Å². The van der Waals surface area contributed by atoms with Crippen LogP contribution in [0, 0.1) is 0 Å². The number of methoxy groups -OCH3 is 1. The van der Waals surface area contributed by atoms with Crippen molar-refractivity contribution in [3.05, 3.63) is 69.2 Å². The van der Waals surface area contributed by atoms with Crippen molar-refractivity contribution < 1.29 is 14.6 Å². The minimum absolute atomic E-state index is 0.0632. The van der Waals surface area contributed by atoms with E-state index in [1.165, 1.54) is 5.56 Å². The van der Waals surface area contributed by atoms with E-state index < -0.39 is 6.10 Å². The van der Waals surface area contributed by atoms with Crippen molar-refractivity contribution in [1.82, 2.24) is 19.6 Å². The Balaban J connectivity index is 1.45. The molecular formula is C25H30N4O3S. The van der Waals surface area contributed by atoms with Gasteiger partial charge in [-0.25, -0.2) is 0 Å². The van der Waals surface area contributed by atoms with Crippen LogP contribution in [0.25, 0.3) is 0 Å². The Hall–Kier alpha value is -2.68. The summed E-state index contributed by atoms with van der Waals surface area (Å²) in [5.74, 6) is 0.751. The first-order chi connectivity index (χ1) is 16.1. The molecule has 2 aliphatic rings. The molecule has 2 aromatic heterocycles. The van der Waals surface area contributed by atoms with Crippen LogP contribution in [-0.2, 0) is 26.1 Å². The van der Waals surface area contributed by atoms with Gasteiger partial charge in [-0.3, -0.25) is 14.4 Å². The van der Waals surface area contributed by atoms with E-state index in [2.05, 4.69) is 27.8 Å². The minimum Gasteiger partial charge on any atom is -0.497 e. The normalized spacial score (nSPS) is 18.8. The lowest BCUT2D eigenvalue weighted by molar-refractivity contribution is 0.0466. The van der Waals surface area contributed by atoms with Crippen molar-refractivity contribution in [3.63, 3.8) is 0 Å². The van der Waals surface area contributed by atoms with Crippen LogP contribution < -0.4 is 4.74 Å². The highest BCUT2D eigenvalue weighted by Crippen LogP contribution is 2.27. The number of thiophene rings is 1. The average molecular weight is 467 g/mol. The fraction of sp³-hybridized carbons (Fsp3) is 0.440. The Morgan fingerprint density at radius 2 is 2.15 bits per heavy atom. The molecule has 1 saturated heterocycles. The molecular weight excluding hydrogens is 436 g/mol. The topological polar surface area (TPSA) is 70.8 Å². The van der Waals surface area contributed by atoms with E-state index in [0.29, 0.717) is 31.9 Å². The molecule has 0 aliphatic carbocycles. The summed E-state index contributed by atoms with van der Waals surface area (Å²) in [5, 5.41) is 19.3. The summed E-state index contributed by atoms with van der Waals surface area (Å²) in [4.78, 5) is 17.7. The molecule has 0 bridgehead atoms. The van der Waals surface area contributed by atoms with Gasteiger partial charge >= 0.3 is 0 Å². The number of carbonyl (C=O) groups is 1. The van der Waals surface area contributed by atoms with Crippen LogP contribution in [0.4, 0.5) is 0 Å². The van der Waals surface area contributed by atoms with E-state index in [4.69, 9.17) is 9.84 Å². The van der Waals surface area contributed by atoms with Gasteiger partial charge in [0.1, 0.15) is 5.75 Å². The lowest BCUT2D eigenvalue weighted by Crippen LogP contribution is -2.43. The second kappa shape index (κ2) is 9.67. The van der Waals surface area contributed by atoms with Crippen molar-refractivity contribution in [3.8, 4) is 5.75 Å². The Bertz CT molecular complexity index is 1110. The third-order valence-corrected chi connectivity index (χ3v) is 7.28. The van der Waals surface area contributed by atoms with Gasteiger partial charge in [0.2, 0.25) is 0 Å². The number of hydrogen-bond donors (Lipinski definition) is 1. The molecule has 1 amide bonds. The second-order valence-electron chi connectivity index (χ2n) is 8.92. The number of amides is 1. The molecule has 3 aromatic rings.